The summed E-state index contributed by atoms with van der Waals surface area (Å²) in [6.45, 7) is 10.2. The summed E-state index contributed by atoms with van der Waals surface area (Å²) < 4.78 is 11.1. The van der Waals surface area contributed by atoms with Gasteiger partial charge >= 0.3 is 0 Å². The normalized spacial score (nSPS) is 15.9. The molecule has 1 heterocycles. The van der Waals surface area contributed by atoms with E-state index in [4.69, 9.17) is 9.47 Å². The second-order valence-corrected chi connectivity index (χ2v) is 7.89. The molecule has 1 aliphatic rings. The van der Waals surface area contributed by atoms with E-state index in [-0.39, 0.29) is 18.6 Å². The number of rotatable bonds is 8. The molecule has 5 heteroatoms. The van der Waals surface area contributed by atoms with E-state index in [9.17, 15) is 4.79 Å². The maximum absolute atomic E-state index is 12.4. The molecule has 29 heavy (non-hydrogen) atoms. The van der Waals surface area contributed by atoms with Gasteiger partial charge in [0.05, 0.1) is 19.3 Å². The summed E-state index contributed by atoms with van der Waals surface area (Å²) in [7, 11) is 0. The molecule has 0 bridgehead atoms. The van der Waals surface area contributed by atoms with Crippen molar-refractivity contribution in [2.45, 2.75) is 32.7 Å². The number of hydrogen-bond donors (Lipinski definition) is 1. The molecular weight excluding hydrogens is 364 g/mol. The predicted octanol–water partition coefficient (Wildman–Crippen LogP) is 3.69. The molecule has 156 valence electrons. The lowest BCUT2D eigenvalue weighted by Crippen LogP contribution is -2.44. The molecule has 1 atom stereocenters. The highest BCUT2D eigenvalue weighted by Gasteiger charge is 2.23. The first-order valence-electron chi connectivity index (χ1n) is 10.4. The lowest BCUT2D eigenvalue weighted by Gasteiger charge is -2.35. The summed E-state index contributed by atoms with van der Waals surface area (Å²) in [4.78, 5) is 14.8. The van der Waals surface area contributed by atoms with E-state index in [0.29, 0.717) is 18.2 Å². The number of aryl methyl sites for hydroxylation is 1. The molecule has 1 aliphatic heterocycles. The van der Waals surface area contributed by atoms with Crippen molar-refractivity contribution in [2.75, 3.05) is 39.5 Å². The van der Waals surface area contributed by atoms with E-state index in [1.165, 1.54) is 16.7 Å². The van der Waals surface area contributed by atoms with Crippen molar-refractivity contribution in [1.29, 1.82) is 0 Å². The van der Waals surface area contributed by atoms with Crippen molar-refractivity contribution in [1.82, 2.24) is 10.2 Å². The Morgan fingerprint density at radius 2 is 1.66 bits per heavy atom. The van der Waals surface area contributed by atoms with Gasteiger partial charge in [-0.3, -0.25) is 9.69 Å². The molecular formula is C24H32N2O3. The van der Waals surface area contributed by atoms with Gasteiger partial charge in [0, 0.05) is 19.6 Å². The minimum absolute atomic E-state index is 0.0186. The quantitative estimate of drug-likeness (QED) is 0.739. The fourth-order valence-corrected chi connectivity index (χ4v) is 3.49. The molecule has 0 aliphatic carbocycles. The molecule has 0 saturated carbocycles. The Bertz CT molecular complexity index is 766. The Labute approximate surface area is 174 Å². The van der Waals surface area contributed by atoms with E-state index in [2.05, 4.69) is 55.3 Å². The maximum atomic E-state index is 12.4. The van der Waals surface area contributed by atoms with Crippen LogP contribution < -0.4 is 10.1 Å². The van der Waals surface area contributed by atoms with Gasteiger partial charge in [-0.2, -0.15) is 0 Å². The average molecular weight is 397 g/mol. The number of benzene rings is 2. The Balaban J connectivity index is 1.55. The van der Waals surface area contributed by atoms with Crippen LogP contribution in [0.3, 0.4) is 0 Å². The van der Waals surface area contributed by atoms with Crippen molar-refractivity contribution in [3.63, 3.8) is 0 Å². The van der Waals surface area contributed by atoms with Gasteiger partial charge < -0.3 is 14.8 Å². The summed E-state index contributed by atoms with van der Waals surface area (Å²) in [6, 6.07) is 16.6. The Hall–Kier alpha value is -2.37. The molecule has 2 aromatic rings. The van der Waals surface area contributed by atoms with Crippen LogP contribution in [-0.4, -0.2) is 50.3 Å². The smallest absolute Gasteiger partial charge is 0.258 e. The first-order chi connectivity index (χ1) is 14.0. The molecule has 0 radical (unpaired) electrons. The van der Waals surface area contributed by atoms with Gasteiger partial charge in [-0.1, -0.05) is 55.8 Å². The van der Waals surface area contributed by atoms with Crippen molar-refractivity contribution in [3.8, 4) is 5.75 Å². The van der Waals surface area contributed by atoms with Crippen molar-refractivity contribution < 1.29 is 14.3 Å². The SMILES string of the molecule is Cc1ccc([C@H](CNC(=O)COc2ccc(C(C)C)cc2)N2CCOCC2)cc1. The van der Waals surface area contributed by atoms with Crippen molar-refractivity contribution >= 4 is 5.91 Å². The van der Waals surface area contributed by atoms with Crippen LogP contribution in [-0.2, 0) is 9.53 Å². The number of carbonyl (C=O) groups is 1. The highest BCUT2D eigenvalue weighted by molar-refractivity contribution is 5.77. The number of morpholine rings is 1. The molecule has 1 N–H and O–H groups in total. The second-order valence-electron chi connectivity index (χ2n) is 7.89. The lowest BCUT2D eigenvalue weighted by molar-refractivity contribution is -0.123. The van der Waals surface area contributed by atoms with Crippen LogP contribution in [0.2, 0.25) is 0 Å². The predicted molar refractivity (Wildman–Crippen MR) is 115 cm³/mol. The van der Waals surface area contributed by atoms with Crippen LogP contribution in [0.1, 0.15) is 42.5 Å². The van der Waals surface area contributed by atoms with E-state index in [1.807, 2.05) is 24.3 Å². The third-order valence-corrected chi connectivity index (χ3v) is 5.36. The highest BCUT2D eigenvalue weighted by Crippen LogP contribution is 2.22. The number of amides is 1. The monoisotopic (exact) mass is 396 g/mol. The zero-order valence-electron chi connectivity index (χ0n) is 17.7. The van der Waals surface area contributed by atoms with Crippen LogP contribution in [0.5, 0.6) is 5.75 Å². The van der Waals surface area contributed by atoms with E-state index < -0.39 is 0 Å². The fourth-order valence-electron chi connectivity index (χ4n) is 3.49. The molecule has 1 saturated heterocycles. The Morgan fingerprint density at radius 1 is 1.03 bits per heavy atom. The summed E-state index contributed by atoms with van der Waals surface area (Å²) in [5, 5.41) is 3.05. The molecule has 5 nitrogen and oxygen atoms in total. The third kappa shape index (κ3) is 6.31. The van der Waals surface area contributed by atoms with Gasteiger partial charge in [-0.25, -0.2) is 0 Å². The summed E-state index contributed by atoms with van der Waals surface area (Å²) >= 11 is 0. The van der Waals surface area contributed by atoms with E-state index >= 15 is 0 Å². The standard InChI is InChI=1S/C24H32N2O3/c1-18(2)20-8-10-22(11-9-20)29-17-24(27)25-16-23(26-12-14-28-15-13-26)21-6-4-19(3)5-7-21/h4-11,18,23H,12-17H2,1-3H3,(H,25,27)/t23-/m0/s1. The number of hydrogen-bond acceptors (Lipinski definition) is 4. The van der Waals surface area contributed by atoms with Crippen LogP contribution in [0.4, 0.5) is 0 Å². The number of nitrogens with one attached hydrogen (secondary N) is 1. The van der Waals surface area contributed by atoms with Gasteiger partial charge in [-0.05, 0) is 36.1 Å². The van der Waals surface area contributed by atoms with Gasteiger partial charge in [0.15, 0.2) is 6.61 Å². The largest absolute Gasteiger partial charge is 0.484 e. The number of carbonyl (C=O) groups excluding carboxylic acids is 1. The topological polar surface area (TPSA) is 50.8 Å². The minimum Gasteiger partial charge on any atom is -0.484 e. The zero-order valence-corrected chi connectivity index (χ0v) is 17.7. The van der Waals surface area contributed by atoms with Crippen LogP contribution in [0, 0.1) is 6.92 Å². The molecule has 0 unspecified atom stereocenters. The maximum Gasteiger partial charge on any atom is 0.258 e. The van der Waals surface area contributed by atoms with Gasteiger partial charge in [0.2, 0.25) is 0 Å². The molecule has 1 fully saturated rings. The molecule has 2 aromatic carbocycles. The second kappa shape index (κ2) is 10.4. The summed E-state index contributed by atoms with van der Waals surface area (Å²) in [5.74, 6) is 1.09. The van der Waals surface area contributed by atoms with Crippen LogP contribution in [0.15, 0.2) is 48.5 Å². The van der Waals surface area contributed by atoms with Crippen molar-refractivity contribution in [2.24, 2.45) is 0 Å². The van der Waals surface area contributed by atoms with Gasteiger partial charge in [-0.15, -0.1) is 0 Å². The Morgan fingerprint density at radius 3 is 2.28 bits per heavy atom. The summed E-state index contributed by atoms with van der Waals surface area (Å²) in [5.41, 5.74) is 3.70. The molecule has 3 rings (SSSR count). The van der Waals surface area contributed by atoms with Crippen LogP contribution >= 0.6 is 0 Å². The first kappa shape index (κ1) is 21.3. The number of ether oxygens (including phenoxy) is 2. The Kier molecular flexibility index (Phi) is 7.67. The minimum atomic E-state index is -0.108. The van der Waals surface area contributed by atoms with E-state index in [1.54, 1.807) is 0 Å². The van der Waals surface area contributed by atoms with E-state index in [0.717, 1.165) is 26.3 Å². The first-order valence-corrected chi connectivity index (χ1v) is 10.4. The molecule has 0 spiro atoms. The number of nitrogens with zero attached hydrogens (tertiary/aromatic N) is 1. The fraction of sp³-hybridized carbons (Fsp3) is 0.458. The molecule has 1 amide bonds. The zero-order chi connectivity index (χ0) is 20.6. The van der Waals surface area contributed by atoms with Gasteiger partial charge in [0.25, 0.3) is 5.91 Å². The lowest BCUT2D eigenvalue weighted by atomic mass is 10.0. The van der Waals surface area contributed by atoms with Gasteiger partial charge in [0.1, 0.15) is 5.75 Å². The average Bonchev–Trinajstić information content (AvgIpc) is 2.74. The third-order valence-electron chi connectivity index (χ3n) is 5.36. The summed E-state index contributed by atoms with van der Waals surface area (Å²) in [6.07, 6.45) is 0. The highest BCUT2D eigenvalue weighted by atomic mass is 16.5. The van der Waals surface area contributed by atoms with Crippen molar-refractivity contribution in [3.05, 3.63) is 65.2 Å². The van der Waals surface area contributed by atoms with Crippen LogP contribution in [0.25, 0.3) is 0 Å². The molecule has 0 aromatic heterocycles.